The fourth-order valence-electron chi connectivity index (χ4n) is 3.41. The topological polar surface area (TPSA) is 70.1 Å². The lowest BCUT2D eigenvalue weighted by atomic mass is 10.1. The van der Waals surface area contributed by atoms with Gasteiger partial charge in [-0.3, -0.25) is 9.59 Å². The van der Waals surface area contributed by atoms with Crippen molar-refractivity contribution in [3.63, 3.8) is 0 Å². The van der Waals surface area contributed by atoms with Crippen molar-refractivity contribution in [2.24, 2.45) is 0 Å². The molecule has 29 heavy (non-hydrogen) atoms. The number of amides is 2. The first-order valence-corrected chi connectivity index (χ1v) is 9.24. The van der Waals surface area contributed by atoms with Gasteiger partial charge in [0.15, 0.2) is 6.61 Å². The number of benzene rings is 2. The molecule has 1 N–H and O–H groups in total. The number of hydrogen-bond acceptors (Lipinski definition) is 4. The minimum absolute atomic E-state index is 0.00146. The lowest BCUT2D eigenvalue weighted by Crippen LogP contribution is -2.43. The Morgan fingerprint density at radius 1 is 1.21 bits per heavy atom. The molecular weight excluding hydrogens is 382 g/mol. The van der Waals surface area contributed by atoms with Crippen LogP contribution >= 0.6 is 0 Å². The molecule has 2 aromatic carbocycles. The maximum atomic E-state index is 14.2. The Labute approximate surface area is 167 Å². The number of nitrogens with zero attached hydrogens (tertiary/aromatic N) is 2. The molecule has 0 saturated carbocycles. The molecule has 0 unspecified atom stereocenters. The molecule has 1 aliphatic rings. The van der Waals surface area contributed by atoms with Crippen LogP contribution in [-0.2, 0) is 16.2 Å². The summed E-state index contributed by atoms with van der Waals surface area (Å²) in [6, 6.07) is 9.40. The Morgan fingerprint density at radius 3 is 2.55 bits per heavy atom. The van der Waals surface area contributed by atoms with Crippen molar-refractivity contribution in [1.29, 1.82) is 0 Å². The molecule has 0 aromatic heterocycles. The summed E-state index contributed by atoms with van der Waals surface area (Å²) in [6.45, 7) is 1.71. The Bertz CT molecular complexity index is 889. The highest BCUT2D eigenvalue weighted by molar-refractivity contribution is 5.92. The van der Waals surface area contributed by atoms with Crippen molar-refractivity contribution in [1.82, 2.24) is 4.90 Å². The summed E-state index contributed by atoms with van der Waals surface area (Å²) in [5.41, 5.74) is 0.738. The maximum Gasteiger partial charge on any atom is 0.260 e. The van der Waals surface area contributed by atoms with Crippen LogP contribution < -0.4 is 9.64 Å². The molecule has 154 valence electrons. The average Bonchev–Trinajstić information content (AvgIpc) is 3.18. The van der Waals surface area contributed by atoms with Gasteiger partial charge in [0.1, 0.15) is 17.4 Å². The largest absolute Gasteiger partial charge is 0.484 e. The van der Waals surface area contributed by atoms with Gasteiger partial charge in [-0.05, 0) is 36.2 Å². The van der Waals surface area contributed by atoms with Crippen molar-refractivity contribution >= 4 is 17.5 Å². The molecule has 0 radical (unpaired) electrons. The molecule has 1 saturated heterocycles. The van der Waals surface area contributed by atoms with Gasteiger partial charge in [-0.25, -0.2) is 8.78 Å². The summed E-state index contributed by atoms with van der Waals surface area (Å²) in [5, 5.41) is 9.04. The fraction of sp³-hybridized carbons (Fsp3) is 0.333. The lowest BCUT2D eigenvalue weighted by molar-refractivity contribution is -0.132. The van der Waals surface area contributed by atoms with Crippen LogP contribution in [0.25, 0.3) is 0 Å². The Morgan fingerprint density at radius 2 is 1.93 bits per heavy atom. The summed E-state index contributed by atoms with van der Waals surface area (Å²) in [4.78, 5) is 27.4. The molecule has 1 aliphatic heterocycles. The normalized spacial score (nSPS) is 16.0. The molecule has 0 spiro atoms. The van der Waals surface area contributed by atoms with Crippen LogP contribution in [0.5, 0.6) is 5.75 Å². The number of likely N-dealkylation sites (tertiary alicyclic amines) is 1. The Hall–Kier alpha value is -3.00. The molecule has 3 rings (SSSR count). The summed E-state index contributed by atoms with van der Waals surface area (Å²) < 4.78 is 32.9. The predicted molar refractivity (Wildman–Crippen MR) is 102 cm³/mol. The van der Waals surface area contributed by atoms with Crippen LogP contribution in [0.1, 0.15) is 18.9 Å². The van der Waals surface area contributed by atoms with E-state index in [1.54, 1.807) is 29.2 Å². The number of aliphatic hydroxyl groups excluding tert-OH is 1. The van der Waals surface area contributed by atoms with Crippen LogP contribution in [0.2, 0.25) is 0 Å². The van der Waals surface area contributed by atoms with E-state index in [2.05, 4.69) is 0 Å². The number of carbonyl (C=O) groups is 2. The van der Waals surface area contributed by atoms with E-state index in [1.807, 2.05) is 0 Å². The highest BCUT2D eigenvalue weighted by Crippen LogP contribution is 2.27. The SMILES string of the molecule is CC(=O)N(c1ccc(F)cc1F)[C@@H]1CCN(C(=O)COc2ccc(CO)cc2)C1. The van der Waals surface area contributed by atoms with Crippen molar-refractivity contribution in [3.8, 4) is 5.75 Å². The zero-order valence-corrected chi connectivity index (χ0v) is 16.0. The van der Waals surface area contributed by atoms with Gasteiger partial charge in [0.05, 0.1) is 18.3 Å². The molecule has 6 nitrogen and oxygen atoms in total. The molecule has 8 heteroatoms. The zero-order chi connectivity index (χ0) is 21.0. The summed E-state index contributed by atoms with van der Waals surface area (Å²) in [7, 11) is 0. The van der Waals surface area contributed by atoms with E-state index in [4.69, 9.17) is 9.84 Å². The third-order valence-electron chi connectivity index (χ3n) is 4.86. The smallest absolute Gasteiger partial charge is 0.260 e. The van der Waals surface area contributed by atoms with E-state index in [0.29, 0.717) is 18.7 Å². The summed E-state index contributed by atoms with van der Waals surface area (Å²) in [5.74, 6) is -1.66. The number of halogens is 2. The van der Waals surface area contributed by atoms with E-state index < -0.39 is 17.7 Å². The molecule has 1 fully saturated rings. The van der Waals surface area contributed by atoms with Gasteiger partial charge in [-0.1, -0.05) is 12.1 Å². The third kappa shape index (κ3) is 4.89. The average molecular weight is 404 g/mol. The Balaban J connectivity index is 1.62. The standard InChI is InChI=1S/C21H22F2N2O4/c1-14(27)25(20-7-4-16(22)10-19(20)23)17-8-9-24(11-17)21(28)13-29-18-5-2-15(12-26)3-6-18/h2-7,10,17,26H,8-9,11-13H2,1H3/t17-/m1/s1. The van der Waals surface area contributed by atoms with Gasteiger partial charge < -0.3 is 19.6 Å². The first-order chi connectivity index (χ1) is 13.9. The fourth-order valence-corrected chi connectivity index (χ4v) is 3.41. The van der Waals surface area contributed by atoms with E-state index in [-0.39, 0.29) is 37.3 Å². The van der Waals surface area contributed by atoms with E-state index in [1.165, 1.54) is 17.9 Å². The van der Waals surface area contributed by atoms with Gasteiger partial charge in [0.25, 0.3) is 5.91 Å². The molecular formula is C21H22F2N2O4. The maximum absolute atomic E-state index is 14.2. The van der Waals surface area contributed by atoms with Crippen LogP contribution in [0.15, 0.2) is 42.5 Å². The van der Waals surface area contributed by atoms with Gasteiger partial charge in [0, 0.05) is 26.1 Å². The minimum Gasteiger partial charge on any atom is -0.484 e. The Kier molecular flexibility index (Phi) is 6.43. The van der Waals surface area contributed by atoms with Gasteiger partial charge >= 0.3 is 0 Å². The van der Waals surface area contributed by atoms with Crippen LogP contribution in [0, 0.1) is 11.6 Å². The second kappa shape index (κ2) is 9.00. The lowest BCUT2D eigenvalue weighted by Gasteiger charge is -2.28. The number of ether oxygens (including phenoxy) is 1. The second-order valence-electron chi connectivity index (χ2n) is 6.86. The molecule has 0 aliphatic carbocycles. The first kappa shape index (κ1) is 20.7. The number of hydrogen-bond donors (Lipinski definition) is 1. The summed E-state index contributed by atoms with van der Waals surface area (Å²) in [6.07, 6.45) is 0.479. The van der Waals surface area contributed by atoms with E-state index >= 15 is 0 Å². The molecule has 2 aromatic rings. The number of anilines is 1. The second-order valence-corrected chi connectivity index (χ2v) is 6.86. The number of rotatable bonds is 6. The van der Waals surface area contributed by atoms with Gasteiger partial charge in [-0.15, -0.1) is 0 Å². The predicted octanol–water partition coefficient (Wildman–Crippen LogP) is 2.49. The molecule has 0 bridgehead atoms. The molecule has 2 amide bonds. The monoisotopic (exact) mass is 404 g/mol. The van der Waals surface area contributed by atoms with E-state index in [0.717, 1.165) is 17.7 Å². The van der Waals surface area contributed by atoms with Gasteiger partial charge in [0.2, 0.25) is 5.91 Å². The quantitative estimate of drug-likeness (QED) is 0.803. The molecule has 1 atom stereocenters. The number of aliphatic hydroxyl groups is 1. The van der Waals surface area contributed by atoms with Crippen LogP contribution in [0.3, 0.4) is 0 Å². The number of carbonyl (C=O) groups excluding carboxylic acids is 2. The molecule has 1 heterocycles. The third-order valence-corrected chi connectivity index (χ3v) is 4.86. The van der Waals surface area contributed by atoms with Crippen molar-refractivity contribution < 1.29 is 28.2 Å². The highest BCUT2D eigenvalue weighted by atomic mass is 19.1. The van der Waals surface area contributed by atoms with Crippen molar-refractivity contribution in [2.75, 3.05) is 24.6 Å². The minimum atomic E-state index is -0.820. The van der Waals surface area contributed by atoms with Crippen LogP contribution in [0.4, 0.5) is 14.5 Å². The van der Waals surface area contributed by atoms with Crippen molar-refractivity contribution in [3.05, 3.63) is 59.7 Å². The van der Waals surface area contributed by atoms with Crippen molar-refractivity contribution in [2.45, 2.75) is 26.0 Å². The first-order valence-electron chi connectivity index (χ1n) is 9.24. The van der Waals surface area contributed by atoms with Gasteiger partial charge in [-0.2, -0.15) is 0 Å². The van der Waals surface area contributed by atoms with Crippen LogP contribution in [-0.4, -0.2) is 47.6 Å². The summed E-state index contributed by atoms with van der Waals surface area (Å²) >= 11 is 0. The van der Waals surface area contributed by atoms with E-state index in [9.17, 15) is 18.4 Å². The zero-order valence-electron chi connectivity index (χ0n) is 16.0. The highest BCUT2D eigenvalue weighted by Gasteiger charge is 2.33.